The maximum absolute atomic E-state index is 12.4. The Kier molecular flexibility index (Phi) is 4.84. The molecule has 0 radical (unpaired) electrons. The van der Waals surface area contributed by atoms with E-state index in [1.165, 1.54) is 13.0 Å². The van der Waals surface area contributed by atoms with Gasteiger partial charge in [0.25, 0.3) is 0 Å². The topological polar surface area (TPSA) is 99.1 Å². The second-order valence-corrected chi connectivity index (χ2v) is 9.17. The smallest absolute Gasteiger partial charge is 0.334 e. The number of aliphatic hydroxyl groups is 1. The van der Waals surface area contributed by atoms with Crippen molar-refractivity contribution in [2.45, 2.75) is 58.7 Å². The Morgan fingerprint density at radius 2 is 2.14 bits per heavy atom. The zero-order valence-corrected chi connectivity index (χ0v) is 17.1. The third-order valence-corrected chi connectivity index (χ3v) is 7.71. The van der Waals surface area contributed by atoms with Gasteiger partial charge in [-0.05, 0) is 42.9 Å². The van der Waals surface area contributed by atoms with Crippen molar-refractivity contribution in [2.24, 2.45) is 22.7 Å². The highest BCUT2D eigenvalue weighted by Gasteiger charge is 2.64. The zero-order chi connectivity index (χ0) is 21.0. The summed E-state index contributed by atoms with van der Waals surface area (Å²) in [6.07, 6.45) is 4.69. The lowest BCUT2D eigenvalue weighted by atomic mass is 9.46. The minimum Gasteiger partial charge on any atom is -0.462 e. The molecule has 7 heteroatoms. The van der Waals surface area contributed by atoms with E-state index in [1.807, 2.05) is 13.0 Å². The Hall–Kier alpha value is -2.15. The van der Waals surface area contributed by atoms with Crippen LogP contribution in [0, 0.1) is 22.7 Å². The van der Waals surface area contributed by atoms with Crippen LogP contribution in [-0.2, 0) is 28.6 Å². The minimum atomic E-state index is -0.839. The first-order chi connectivity index (χ1) is 13.7. The normalized spacial score (nSPS) is 39.5. The highest BCUT2D eigenvalue weighted by atomic mass is 16.6. The van der Waals surface area contributed by atoms with Crippen LogP contribution in [-0.4, -0.2) is 48.4 Å². The lowest BCUT2D eigenvalue weighted by Crippen LogP contribution is -2.58. The number of hydrogen-bond donors (Lipinski definition) is 1. The second-order valence-electron chi connectivity index (χ2n) is 9.17. The van der Waals surface area contributed by atoms with E-state index in [1.54, 1.807) is 0 Å². The number of carbonyl (C=O) groups excluding carboxylic acids is 3. The average molecular weight is 404 g/mol. The average Bonchev–Trinajstić information content (AvgIpc) is 3.23. The van der Waals surface area contributed by atoms with E-state index in [0.29, 0.717) is 24.0 Å². The maximum Gasteiger partial charge on any atom is 0.334 e. The molecule has 0 aromatic rings. The number of rotatable bonds is 4. The van der Waals surface area contributed by atoms with Crippen molar-refractivity contribution >= 4 is 17.9 Å². The predicted octanol–water partition coefficient (Wildman–Crippen LogP) is 2.08. The molecule has 1 N–H and O–H groups in total. The van der Waals surface area contributed by atoms with Gasteiger partial charge in [-0.1, -0.05) is 19.9 Å². The molecular formula is C22H28O7. The summed E-state index contributed by atoms with van der Waals surface area (Å²) in [5.41, 5.74) is 0.319. The Bertz CT molecular complexity index is 812. The molecule has 158 valence electrons. The lowest BCUT2D eigenvalue weighted by Gasteiger charge is -2.58. The fraction of sp³-hybridized carbons (Fsp3) is 0.682. The SMILES string of the molecule is CC(=O)O[C@@H]1C[C@@]23COC(=O)C2=CCC[C@@H]3[C@@](C)(C[C@@H](O)C2=CC(=O)OC2)[C@@H]1C. The summed E-state index contributed by atoms with van der Waals surface area (Å²) in [4.78, 5) is 35.7. The van der Waals surface area contributed by atoms with Gasteiger partial charge < -0.3 is 19.3 Å². The molecule has 0 aromatic heterocycles. The van der Waals surface area contributed by atoms with Gasteiger partial charge in [-0.2, -0.15) is 0 Å². The van der Waals surface area contributed by atoms with Gasteiger partial charge in [0.2, 0.25) is 0 Å². The van der Waals surface area contributed by atoms with E-state index < -0.39 is 22.9 Å². The summed E-state index contributed by atoms with van der Waals surface area (Å²) in [5.74, 6) is -1.02. The molecule has 2 aliphatic carbocycles. The summed E-state index contributed by atoms with van der Waals surface area (Å²) < 4.78 is 16.1. The van der Waals surface area contributed by atoms with Gasteiger partial charge in [0.05, 0.1) is 6.10 Å². The Morgan fingerprint density at radius 3 is 2.79 bits per heavy atom. The van der Waals surface area contributed by atoms with Crippen LogP contribution in [0.15, 0.2) is 23.3 Å². The number of cyclic esters (lactones) is 2. The first kappa shape index (κ1) is 20.1. The Labute approximate surface area is 170 Å². The number of allylic oxidation sites excluding steroid dienone is 1. The standard InChI is InChI=1S/C22H28O7/c1-12-17(29-13(2)23)9-22-11-28-20(26)15(22)5-4-6-18(22)21(12,3)8-16(24)14-7-19(25)27-10-14/h5,7,12,16-18,24H,4,6,8-11H2,1-3H3/t12-,16-,17-,18-,21+,22-/m1/s1. The summed E-state index contributed by atoms with van der Waals surface area (Å²) in [6.45, 7) is 5.92. The molecule has 2 fully saturated rings. The van der Waals surface area contributed by atoms with E-state index in [-0.39, 0.29) is 43.1 Å². The molecule has 7 nitrogen and oxygen atoms in total. The van der Waals surface area contributed by atoms with Crippen LogP contribution >= 0.6 is 0 Å². The first-order valence-corrected chi connectivity index (χ1v) is 10.3. The highest BCUT2D eigenvalue weighted by molar-refractivity contribution is 5.92. The molecule has 4 rings (SSSR count). The highest BCUT2D eigenvalue weighted by Crippen LogP contribution is 2.64. The van der Waals surface area contributed by atoms with Crippen LogP contribution in [0.3, 0.4) is 0 Å². The molecule has 6 atom stereocenters. The monoisotopic (exact) mass is 404 g/mol. The molecule has 29 heavy (non-hydrogen) atoms. The number of aliphatic hydroxyl groups excluding tert-OH is 1. The predicted molar refractivity (Wildman–Crippen MR) is 101 cm³/mol. The minimum absolute atomic E-state index is 0.0367. The van der Waals surface area contributed by atoms with Crippen LogP contribution in [0.4, 0.5) is 0 Å². The number of esters is 3. The largest absolute Gasteiger partial charge is 0.462 e. The van der Waals surface area contributed by atoms with Crippen molar-refractivity contribution in [3.63, 3.8) is 0 Å². The first-order valence-electron chi connectivity index (χ1n) is 10.3. The van der Waals surface area contributed by atoms with Crippen LogP contribution < -0.4 is 0 Å². The molecule has 2 heterocycles. The second kappa shape index (κ2) is 6.97. The molecule has 0 unspecified atom stereocenters. The maximum atomic E-state index is 12.4. The quantitative estimate of drug-likeness (QED) is 0.566. The van der Waals surface area contributed by atoms with Gasteiger partial charge in [0.15, 0.2) is 0 Å². The Balaban J connectivity index is 1.73. The van der Waals surface area contributed by atoms with E-state index in [9.17, 15) is 19.5 Å². The summed E-state index contributed by atoms with van der Waals surface area (Å²) in [5, 5.41) is 10.9. The summed E-state index contributed by atoms with van der Waals surface area (Å²) in [6, 6.07) is 0. The van der Waals surface area contributed by atoms with Crippen molar-refractivity contribution in [3.8, 4) is 0 Å². The summed E-state index contributed by atoms with van der Waals surface area (Å²) in [7, 11) is 0. The van der Waals surface area contributed by atoms with Gasteiger partial charge in [-0.15, -0.1) is 0 Å². The van der Waals surface area contributed by atoms with Crippen LogP contribution in [0.5, 0.6) is 0 Å². The van der Waals surface area contributed by atoms with Gasteiger partial charge in [0, 0.05) is 29.6 Å². The van der Waals surface area contributed by atoms with Gasteiger partial charge in [-0.25, -0.2) is 9.59 Å². The molecule has 4 aliphatic rings. The molecule has 0 bridgehead atoms. The fourth-order valence-electron chi connectivity index (χ4n) is 6.16. The van der Waals surface area contributed by atoms with Crippen molar-refractivity contribution in [1.29, 1.82) is 0 Å². The lowest BCUT2D eigenvalue weighted by molar-refractivity contribution is -0.175. The van der Waals surface area contributed by atoms with Crippen LogP contribution in [0.25, 0.3) is 0 Å². The van der Waals surface area contributed by atoms with E-state index in [4.69, 9.17) is 14.2 Å². The van der Waals surface area contributed by atoms with E-state index >= 15 is 0 Å². The molecule has 0 aromatic carbocycles. The van der Waals surface area contributed by atoms with E-state index in [2.05, 4.69) is 6.92 Å². The Morgan fingerprint density at radius 1 is 1.38 bits per heavy atom. The number of ether oxygens (including phenoxy) is 3. The molecular weight excluding hydrogens is 376 g/mol. The van der Waals surface area contributed by atoms with Gasteiger partial charge >= 0.3 is 17.9 Å². The van der Waals surface area contributed by atoms with E-state index in [0.717, 1.165) is 12.8 Å². The van der Waals surface area contributed by atoms with Crippen LogP contribution in [0.2, 0.25) is 0 Å². The summed E-state index contributed by atoms with van der Waals surface area (Å²) >= 11 is 0. The zero-order valence-electron chi connectivity index (χ0n) is 17.1. The molecule has 0 amide bonds. The van der Waals surface area contributed by atoms with Crippen LogP contribution in [0.1, 0.15) is 46.5 Å². The number of hydrogen-bond acceptors (Lipinski definition) is 7. The number of carbonyl (C=O) groups is 3. The van der Waals surface area contributed by atoms with Gasteiger partial charge in [0.1, 0.15) is 19.3 Å². The molecule has 1 spiro atoms. The third-order valence-electron chi connectivity index (χ3n) is 7.71. The van der Waals surface area contributed by atoms with Crippen molar-refractivity contribution in [2.75, 3.05) is 13.2 Å². The van der Waals surface area contributed by atoms with Gasteiger partial charge in [-0.3, -0.25) is 4.79 Å². The third kappa shape index (κ3) is 3.10. The fourth-order valence-corrected chi connectivity index (χ4v) is 6.16. The molecule has 1 saturated carbocycles. The van der Waals surface area contributed by atoms with Crippen molar-refractivity contribution in [1.82, 2.24) is 0 Å². The van der Waals surface area contributed by atoms with Crippen molar-refractivity contribution in [3.05, 3.63) is 23.3 Å². The van der Waals surface area contributed by atoms with Crippen molar-refractivity contribution < 1.29 is 33.7 Å². The molecule has 2 aliphatic heterocycles. The molecule has 1 saturated heterocycles.